The molecule has 2 aliphatic heterocycles. The molecule has 1 amide bonds. The van der Waals surface area contributed by atoms with Gasteiger partial charge in [0.25, 0.3) is 5.91 Å². The Kier molecular flexibility index (Phi) is 3.52. The third kappa shape index (κ3) is 2.69. The number of piperidine rings is 1. The predicted molar refractivity (Wildman–Crippen MR) is 85.1 cm³/mol. The first-order chi connectivity index (χ1) is 11.3. The number of carbonyl (C=O) groups is 1. The molecular weight excluding hydrogens is 292 g/mol. The van der Waals surface area contributed by atoms with Crippen molar-refractivity contribution in [1.82, 2.24) is 14.9 Å². The van der Waals surface area contributed by atoms with Gasteiger partial charge in [0, 0.05) is 44.0 Å². The Morgan fingerprint density at radius 3 is 2.83 bits per heavy atom. The van der Waals surface area contributed by atoms with Crippen LogP contribution in [0.25, 0.3) is 0 Å². The molecule has 0 aliphatic carbocycles. The van der Waals surface area contributed by atoms with E-state index in [2.05, 4.69) is 14.9 Å². The van der Waals surface area contributed by atoms with E-state index in [-0.39, 0.29) is 11.3 Å². The Morgan fingerprint density at radius 2 is 2.04 bits per heavy atom. The molecular formula is C17H20N4O2. The van der Waals surface area contributed by atoms with Gasteiger partial charge >= 0.3 is 0 Å². The molecule has 23 heavy (non-hydrogen) atoms. The molecule has 0 saturated carbocycles. The minimum Gasteiger partial charge on any atom is -0.472 e. The molecule has 0 unspecified atom stereocenters. The molecule has 2 aromatic rings. The zero-order chi connectivity index (χ0) is 15.7. The number of hydrogen-bond donors (Lipinski definition) is 0. The number of anilines is 1. The van der Waals surface area contributed by atoms with Gasteiger partial charge in [-0.05, 0) is 31.4 Å². The van der Waals surface area contributed by atoms with E-state index in [1.54, 1.807) is 24.7 Å². The number of likely N-dealkylation sites (tertiary alicyclic amines) is 1. The smallest absolute Gasteiger partial charge is 0.257 e. The summed E-state index contributed by atoms with van der Waals surface area (Å²) in [6, 6.07) is 3.57. The maximum Gasteiger partial charge on any atom is 0.257 e. The molecule has 4 rings (SSSR count). The highest BCUT2D eigenvalue weighted by atomic mass is 16.3. The fraction of sp³-hybridized carbons (Fsp3) is 0.471. The highest BCUT2D eigenvalue weighted by molar-refractivity contribution is 5.94. The molecule has 0 radical (unpaired) electrons. The Bertz CT molecular complexity index is 673. The maximum absolute atomic E-state index is 12.5. The maximum atomic E-state index is 12.5. The van der Waals surface area contributed by atoms with E-state index in [1.165, 1.54) is 6.26 Å². The van der Waals surface area contributed by atoms with Crippen LogP contribution in [0.4, 0.5) is 5.95 Å². The van der Waals surface area contributed by atoms with Gasteiger partial charge < -0.3 is 14.2 Å². The van der Waals surface area contributed by atoms with Crippen LogP contribution in [-0.4, -0.2) is 47.0 Å². The number of nitrogens with zero attached hydrogens (tertiary/aromatic N) is 4. The van der Waals surface area contributed by atoms with Gasteiger partial charge in [0.05, 0.1) is 11.8 Å². The fourth-order valence-electron chi connectivity index (χ4n) is 3.84. The minimum absolute atomic E-state index is 0.0729. The standard InChI is InChI=1S/C17H20N4O2/c22-15(14-3-10-23-11-14)20-9-5-17(12-20)4-1-8-21(13-17)16-18-6-2-7-19-16/h2-3,6-7,10-11H,1,4-5,8-9,12-13H2/t17-/m1/s1. The summed E-state index contributed by atoms with van der Waals surface area (Å²) in [5, 5.41) is 0. The molecule has 0 N–H and O–H groups in total. The Labute approximate surface area is 135 Å². The van der Waals surface area contributed by atoms with Gasteiger partial charge in [-0.2, -0.15) is 0 Å². The van der Waals surface area contributed by atoms with Crippen LogP contribution in [0.5, 0.6) is 0 Å². The summed E-state index contributed by atoms with van der Waals surface area (Å²) in [5.74, 6) is 0.870. The molecule has 2 aromatic heterocycles. The largest absolute Gasteiger partial charge is 0.472 e. The van der Waals surface area contributed by atoms with Crippen molar-refractivity contribution in [2.75, 3.05) is 31.1 Å². The highest BCUT2D eigenvalue weighted by Crippen LogP contribution is 2.40. The SMILES string of the molecule is O=C(c1ccoc1)N1CC[C@]2(CCCN(c3ncccn3)C2)C1. The van der Waals surface area contributed by atoms with Crippen molar-refractivity contribution in [2.45, 2.75) is 19.3 Å². The molecule has 2 fully saturated rings. The van der Waals surface area contributed by atoms with Crippen LogP contribution < -0.4 is 4.90 Å². The van der Waals surface area contributed by atoms with Gasteiger partial charge in [0.1, 0.15) is 6.26 Å². The van der Waals surface area contributed by atoms with E-state index in [0.29, 0.717) is 5.56 Å². The molecule has 0 bridgehead atoms. The van der Waals surface area contributed by atoms with Crippen molar-refractivity contribution < 1.29 is 9.21 Å². The zero-order valence-electron chi connectivity index (χ0n) is 13.0. The molecule has 1 spiro atoms. The third-order valence-electron chi connectivity index (χ3n) is 4.99. The van der Waals surface area contributed by atoms with Crippen LogP contribution in [-0.2, 0) is 0 Å². The van der Waals surface area contributed by atoms with E-state index < -0.39 is 0 Å². The third-order valence-corrected chi connectivity index (χ3v) is 4.99. The van der Waals surface area contributed by atoms with Gasteiger partial charge in [-0.3, -0.25) is 4.79 Å². The van der Waals surface area contributed by atoms with Gasteiger partial charge in [-0.25, -0.2) is 9.97 Å². The molecule has 2 saturated heterocycles. The molecule has 0 aromatic carbocycles. The molecule has 1 atom stereocenters. The fourth-order valence-corrected chi connectivity index (χ4v) is 3.84. The van der Waals surface area contributed by atoms with Crippen molar-refractivity contribution in [1.29, 1.82) is 0 Å². The zero-order valence-corrected chi connectivity index (χ0v) is 13.0. The summed E-state index contributed by atoms with van der Waals surface area (Å²) in [6.07, 6.45) is 9.96. The van der Waals surface area contributed by atoms with E-state index in [0.717, 1.165) is 51.4 Å². The number of furan rings is 1. The summed E-state index contributed by atoms with van der Waals surface area (Å²) in [5.41, 5.74) is 0.803. The van der Waals surface area contributed by atoms with E-state index >= 15 is 0 Å². The minimum atomic E-state index is 0.0729. The Balaban J connectivity index is 1.48. The lowest BCUT2D eigenvalue weighted by Crippen LogP contribution is -2.46. The number of rotatable bonds is 2. The quantitative estimate of drug-likeness (QED) is 0.851. The molecule has 6 heteroatoms. The summed E-state index contributed by atoms with van der Waals surface area (Å²) in [7, 11) is 0. The second-order valence-electron chi connectivity index (χ2n) is 6.56. The summed E-state index contributed by atoms with van der Waals surface area (Å²) >= 11 is 0. The average Bonchev–Trinajstić information content (AvgIpc) is 3.26. The van der Waals surface area contributed by atoms with E-state index in [4.69, 9.17) is 4.42 Å². The number of aromatic nitrogens is 2. The van der Waals surface area contributed by atoms with Crippen molar-refractivity contribution in [3.8, 4) is 0 Å². The second-order valence-corrected chi connectivity index (χ2v) is 6.56. The first-order valence-electron chi connectivity index (χ1n) is 8.09. The van der Waals surface area contributed by atoms with Crippen molar-refractivity contribution in [3.05, 3.63) is 42.6 Å². The first kappa shape index (κ1) is 14.2. The highest BCUT2D eigenvalue weighted by Gasteiger charge is 2.43. The Hall–Kier alpha value is -2.37. The average molecular weight is 312 g/mol. The van der Waals surface area contributed by atoms with Crippen molar-refractivity contribution in [3.63, 3.8) is 0 Å². The number of hydrogen-bond acceptors (Lipinski definition) is 5. The second kappa shape index (κ2) is 5.68. The van der Waals surface area contributed by atoms with Crippen molar-refractivity contribution in [2.24, 2.45) is 5.41 Å². The lowest BCUT2D eigenvalue weighted by molar-refractivity contribution is 0.0766. The van der Waals surface area contributed by atoms with Gasteiger partial charge in [-0.1, -0.05) is 0 Å². The normalized spacial score (nSPS) is 24.3. The monoisotopic (exact) mass is 312 g/mol. The molecule has 6 nitrogen and oxygen atoms in total. The lowest BCUT2D eigenvalue weighted by atomic mass is 9.79. The van der Waals surface area contributed by atoms with E-state index in [1.807, 2.05) is 11.0 Å². The lowest BCUT2D eigenvalue weighted by Gasteiger charge is -2.40. The first-order valence-corrected chi connectivity index (χ1v) is 8.09. The molecule has 120 valence electrons. The van der Waals surface area contributed by atoms with Gasteiger partial charge in [-0.15, -0.1) is 0 Å². The molecule has 4 heterocycles. The number of amides is 1. The van der Waals surface area contributed by atoms with Crippen LogP contribution in [0.2, 0.25) is 0 Å². The topological polar surface area (TPSA) is 62.5 Å². The van der Waals surface area contributed by atoms with Crippen LogP contribution in [0.3, 0.4) is 0 Å². The Morgan fingerprint density at radius 1 is 1.17 bits per heavy atom. The van der Waals surface area contributed by atoms with Crippen LogP contribution in [0.1, 0.15) is 29.6 Å². The molecule has 2 aliphatic rings. The van der Waals surface area contributed by atoms with E-state index in [9.17, 15) is 4.79 Å². The predicted octanol–water partition coefficient (Wildman–Crippen LogP) is 2.20. The van der Waals surface area contributed by atoms with Crippen LogP contribution >= 0.6 is 0 Å². The van der Waals surface area contributed by atoms with Crippen LogP contribution in [0.15, 0.2) is 41.5 Å². The van der Waals surface area contributed by atoms with Gasteiger partial charge in [0.2, 0.25) is 5.95 Å². The number of carbonyl (C=O) groups excluding carboxylic acids is 1. The van der Waals surface area contributed by atoms with Gasteiger partial charge in [0.15, 0.2) is 0 Å². The van der Waals surface area contributed by atoms with Crippen LogP contribution in [0, 0.1) is 5.41 Å². The summed E-state index contributed by atoms with van der Waals surface area (Å²) in [4.78, 5) is 25.5. The summed E-state index contributed by atoms with van der Waals surface area (Å²) < 4.78 is 5.03. The summed E-state index contributed by atoms with van der Waals surface area (Å²) in [6.45, 7) is 3.53. The van der Waals surface area contributed by atoms with Crippen molar-refractivity contribution >= 4 is 11.9 Å².